The van der Waals surface area contributed by atoms with Crippen LogP contribution in [0.4, 0.5) is 0 Å². The molecular formula is C24H30N2O4. The largest absolute Gasteiger partial charge is 0.496 e. The predicted molar refractivity (Wildman–Crippen MR) is 116 cm³/mol. The first kappa shape index (κ1) is 21.7. The third kappa shape index (κ3) is 5.75. The molecule has 0 aliphatic carbocycles. The smallest absolute Gasteiger partial charge is 0.260 e. The average molecular weight is 411 g/mol. The van der Waals surface area contributed by atoms with Crippen molar-refractivity contribution in [3.63, 3.8) is 0 Å². The molecule has 0 aromatic heterocycles. The number of rotatable bonds is 8. The fraction of sp³-hybridized carbons (Fsp3) is 0.417. The van der Waals surface area contributed by atoms with E-state index < -0.39 is 0 Å². The van der Waals surface area contributed by atoms with E-state index in [9.17, 15) is 9.59 Å². The first-order valence-electron chi connectivity index (χ1n) is 10.5. The summed E-state index contributed by atoms with van der Waals surface area (Å²) < 4.78 is 10.9. The highest BCUT2D eigenvalue weighted by Crippen LogP contribution is 2.19. The summed E-state index contributed by atoms with van der Waals surface area (Å²) in [5.41, 5.74) is 1.80. The maximum atomic E-state index is 12.5. The van der Waals surface area contributed by atoms with Gasteiger partial charge in [0, 0.05) is 19.1 Å². The molecule has 1 aliphatic rings. The van der Waals surface area contributed by atoms with Gasteiger partial charge in [0.05, 0.1) is 12.7 Å². The summed E-state index contributed by atoms with van der Waals surface area (Å²) in [7, 11) is 1.55. The summed E-state index contributed by atoms with van der Waals surface area (Å²) in [6.45, 7) is 3.39. The van der Waals surface area contributed by atoms with Gasteiger partial charge in [-0.1, -0.05) is 37.6 Å². The minimum absolute atomic E-state index is 0.0258. The molecule has 3 rings (SSSR count). The van der Waals surface area contributed by atoms with Crippen molar-refractivity contribution in [1.82, 2.24) is 10.2 Å². The number of likely N-dealkylation sites (tertiary alicyclic amines) is 1. The fourth-order valence-corrected chi connectivity index (χ4v) is 3.65. The molecule has 2 amide bonds. The summed E-state index contributed by atoms with van der Waals surface area (Å²) >= 11 is 0. The van der Waals surface area contributed by atoms with E-state index in [1.165, 1.54) is 5.56 Å². The molecule has 2 aromatic carbocycles. The predicted octanol–water partition coefficient (Wildman–Crippen LogP) is 3.45. The molecule has 1 saturated heterocycles. The van der Waals surface area contributed by atoms with Crippen molar-refractivity contribution < 1.29 is 19.1 Å². The molecular weight excluding hydrogens is 380 g/mol. The number of aryl methyl sites for hydroxylation is 1. The lowest BCUT2D eigenvalue weighted by atomic mass is 10.0. The monoisotopic (exact) mass is 410 g/mol. The lowest BCUT2D eigenvalue weighted by molar-refractivity contribution is -0.134. The van der Waals surface area contributed by atoms with Gasteiger partial charge < -0.3 is 19.7 Å². The topological polar surface area (TPSA) is 67.9 Å². The van der Waals surface area contributed by atoms with Crippen molar-refractivity contribution in [3.8, 4) is 11.5 Å². The van der Waals surface area contributed by atoms with E-state index in [0.29, 0.717) is 30.2 Å². The van der Waals surface area contributed by atoms with Crippen molar-refractivity contribution in [3.05, 3.63) is 59.7 Å². The Morgan fingerprint density at radius 1 is 1.07 bits per heavy atom. The van der Waals surface area contributed by atoms with Gasteiger partial charge in [0.2, 0.25) is 0 Å². The zero-order valence-corrected chi connectivity index (χ0v) is 17.7. The molecule has 0 atom stereocenters. The zero-order valence-electron chi connectivity index (χ0n) is 17.7. The minimum atomic E-state index is -0.146. The van der Waals surface area contributed by atoms with Crippen LogP contribution in [0.2, 0.25) is 0 Å². The Kier molecular flexibility index (Phi) is 7.71. The Bertz CT molecular complexity index is 843. The van der Waals surface area contributed by atoms with E-state index >= 15 is 0 Å². The molecule has 0 saturated carbocycles. The van der Waals surface area contributed by atoms with Crippen LogP contribution in [0.25, 0.3) is 0 Å². The first-order chi connectivity index (χ1) is 14.6. The van der Waals surface area contributed by atoms with Crippen molar-refractivity contribution in [2.75, 3.05) is 26.8 Å². The van der Waals surface area contributed by atoms with Crippen molar-refractivity contribution in [2.24, 2.45) is 0 Å². The van der Waals surface area contributed by atoms with Gasteiger partial charge in [-0.15, -0.1) is 0 Å². The van der Waals surface area contributed by atoms with Crippen LogP contribution < -0.4 is 14.8 Å². The highest BCUT2D eigenvalue weighted by Gasteiger charge is 2.25. The fourth-order valence-electron chi connectivity index (χ4n) is 3.65. The van der Waals surface area contributed by atoms with Gasteiger partial charge in [0.1, 0.15) is 11.5 Å². The summed E-state index contributed by atoms with van der Waals surface area (Å²) in [5.74, 6) is 1.10. The second kappa shape index (κ2) is 10.7. The van der Waals surface area contributed by atoms with Gasteiger partial charge in [-0.05, 0) is 49.1 Å². The van der Waals surface area contributed by atoms with Crippen LogP contribution in [0.15, 0.2) is 48.5 Å². The van der Waals surface area contributed by atoms with E-state index in [-0.39, 0.29) is 24.5 Å². The SMILES string of the molecule is CCCc1ccc(OCC(=O)N2CCC(NC(=O)c3ccccc3OC)CC2)cc1. The summed E-state index contributed by atoms with van der Waals surface area (Å²) in [4.78, 5) is 26.8. The molecule has 0 radical (unpaired) electrons. The van der Waals surface area contributed by atoms with Gasteiger partial charge >= 0.3 is 0 Å². The van der Waals surface area contributed by atoms with E-state index in [2.05, 4.69) is 12.2 Å². The maximum Gasteiger partial charge on any atom is 0.260 e. The molecule has 6 nitrogen and oxygen atoms in total. The number of hydrogen-bond acceptors (Lipinski definition) is 4. The Morgan fingerprint density at radius 3 is 2.43 bits per heavy atom. The lowest BCUT2D eigenvalue weighted by Gasteiger charge is -2.32. The number of methoxy groups -OCH3 is 1. The summed E-state index contributed by atoms with van der Waals surface area (Å²) in [5, 5.41) is 3.05. The number of amides is 2. The second-order valence-electron chi connectivity index (χ2n) is 7.51. The molecule has 0 spiro atoms. The van der Waals surface area contributed by atoms with Crippen LogP contribution >= 0.6 is 0 Å². The van der Waals surface area contributed by atoms with Gasteiger partial charge in [-0.25, -0.2) is 0 Å². The quantitative estimate of drug-likeness (QED) is 0.724. The molecule has 30 heavy (non-hydrogen) atoms. The van der Waals surface area contributed by atoms with E-state index in [1.54, 1.807) is 24.1 Å². The number of carbonyl (C=O) groups is 2. The minimum Gasteiger partial charge on any atom is -0.496 e. The number of hydrogen-bond donors (Lipinski definition) is 1. The summed E-state index contributed by atoms with van der Waals surface area (Å²) in [6, 6.07) is 15.1. The number of piperidine rings is 1. The number of para-hydroxylation sites is 1. The van der Waals surface area contributed by atoms with Gasteiger partial charge in [0.15, 0.2) is 6.61 Å². The molecule has 1 fully saturated rings. The standard InChI is InChI=1S/C24H30N2O4/c1-3-6-18-9-11-20(12-10-18)30-17-23(27)26-15-13-19(14-16-26)25-24(28)21-7-4-5-8-22(21)29-2/h4-5,7-12,19H,3,6,13-17H2,1-2H3,(H,25,28). The lowest BCUT2D eigenvalue weighted by Crippen LogP contribution is -2.47. The van der Waals surface area contributed by atoms with Gasteiger partial charge in [-0.3, -0.25) is 9.59 Å². The Labute approximate surface area is 178 Å². The maximum absolute atomic E-state index is 12.5. The Balaban J connectivity index is 1.43. The van der Waals surface area contributed by atoms with Crippen LogP contribution in [-0.4, -0.2) is 49.6 Å². The number of benzene rings is 2. The van der Waals surface area contributed by atoms with Crippen LogP contribution in [-0.2, 0) is 11.2 Å². The number of carbonyl (C=O) groups excluding carboxylic acids is 2. The van der Waals surface area contributed by atoms with Gasteiger partial charge in [-0.2, -0.15) is 0 Å². The molecule has 1 aliphatic heterocycles. The highest BCUT2D eigenvalue weighted by atomic mass is 16.5. The number of nitrogens with zero attached hydrogens (tertiary/aromatic N) is 1. The summed E-state index contributed by atoms with van der Waals surface area (Å²) in [6.07, 6.45) is 3.59. The van der Waals surface area contributed by atoms with Crippen LogP contribution in [0.3, 0.4) is 0 Å². The Hall–Kier alpha value is -3.02. The van der Waals surface area contributed by atoms with Gasteiger partial charge in [0.25, 0.3) is 11.8 Å². The third-order valence-corrected chi connectivity index (χ3v) is 5.36. The molecule has 0 unspecified atom stereocenters. The molecule has 2 aromatic rings. The molecule has 1 N–H and O–H groups in total. The normalized spacial score (nSPS) is 14.3. The Morgan fingerprint density at radius 2 is 1.77 bits per heavy atom. The average Bonchev–Trinajstić information content (AvgIpc) is 2.79. The third-order valence-electron chi connectivity index (χ3n) is 5.36. The zero-order chi connectivity index (χ0) is 21.3. The van der Waals surface area contributed by atoms with Crippen LogP contribution in [0, 0.1) is 0 Å². The molecule has 1 heterocycles. The second-order valence-corrected chi connectivity index (χ2v) is 7.51. The van der Waals surface area contributed by atoms with E-state index in [1.807, 2.05) is 36.4 Å². The number of nitrogens with one attached hydrogen (secondary N) is 1. The molecule has 6 heteroatoms. The van der Waals surface area contributed by atoms with E-state index in [0.717, 1.165) is 25.7 Å². The van der Waals surface area contributed by atoms with Crippen molar-refractivity contribution in [1.29, 1.82) is 0 Å². The van der Waals surface area contributed by atoms with Crippen molar-refractivity contribution >= 4 is 11.8 Å². The first-order valence-corrected chi connectivity index (χ1v) is 10.5. The molecule has 160 valence electrons. The van der Waals surface area contributed by atoms with Crippen LogP contribution in [0.1, 0.15) is 42.1 Å². The van der Waals surface area contributed by atoms with Crippen LogP contribution in [0.5, 0.6) is 11.5 Å². The van der Waals surface area contributed by atoms with Crippen molar-refractivity contribution in [2.45, 2.75) is 38.6 Å². The van der Waals surface area contributed by atoms with E-state index in [4.69, 9.17) is 9.47 Å². The molecule has 0 bridgehead atoms. The highest BCUT2D eigenvalue weighted by molar-refractivity contribution is 5.97. The number of ether oxygens (including phenoxy) is 2.